The van der Waals surface area contributed by atoms with Crippen molar-refractivity contribution in [3.8, 4) is 0 Å². The first-order chi connectivity index (χ1) is 11.6. The molecule has 0 amide bonds. The van der Waals surface area contributed by atoms with Gasteiger partial charge in [-0.25, -0.2) is 0 Å². The van der Waals surface area contributed by atoms with Crippen LogP contribution in [0, 0.1) is 40.4 Å². The number of fused-ring (bicyclic) bond motifs is 6. The van der Waals surface area contributed by atoms with Crippen molar-refractivity contribution < 1.29 is 9.84 Å². The maximum Gasteiger partial charge on any atom is 0.0875 e. The zero-order chi connectivity index (χ0) is 16.1. The minimum absolute atomic E-state index is 0.00675. The summed E-state index contributed by atoms with van der Waals surface area (Å²) < 4.78 is 6.06. The third-order valence-electron chi connectivity index (χ3n) is 10.3. The lowest BCUT2D eigenvalue weighted by Crippen LogP contribution is -2.55. The average Bonchev–Trinajstić information content (AvgIpc) is 3.26. The summed E-state index contributed by atoms with van der Waals surface area (Å²) >= 11 is 0. The van der Waals surface area contributed by atoms with E-state index in [9.17, 15) is 5.11 Å². The van der Waals surface area contributed by atoms with E-state index >= 15 is 0 Å². The summed E-state index contributed by atoms with van der Waals surface area (Å²) in [5.74, 6) is 4.68. The first kappa shape index (κ1) is 15.0. The molecule has 24 heavy (non-hydrogen) atoms. The summed E-state index contributed by atoms with van der Waals surface area (Å²) in [6.45, 7) is 2.62. The molecule has 1 heterocycles. The smallest absolute Gasteiger partial charge is 0.0875 e. The Hall–Kier alpha value is -0.0800. The van der Waals surface area contributed by atoms with Gasteiger partial charge in [0.2, 0.25) is 0 Å². The van der Waals surface area contributed by atoms with Gasteiger partial charge in [-0.05, 0) is 111 Å². The summed E-state index contributed by atoms with van der Waals surface area (Å²) in [4.78, 5) is 0. The van der Waals surface area contributed by atoms with E-state index in [1.165, 1.54) is 57.8 Å². The van der Waals surface area contributed by atoms with Crippen LogP contribution in [0.4, 0.5) is 0 Å². The van der Waals surface area contributed by atoms with Crippen molar-refractivity contribution in [3.63, 3.8) is 0 Å². The number of rotatable bonds is 0. The van der Waals surface area contributed by atoms with E-state index in [1.54, 1.807) is 0 Å². The largest absolute Gasteiger partial charge is 0.393 e. The van der Waals surface area contributed by atoms with Crippen LogP contribution < -0.4 is 0 Å². The molecule has 5 saturated carbocycles. The fraction of sp³-hybridized carbons (Fsp3) is 1.00. The molecule has 1 saturated heterocycles. The monoisotopic (exact) mass is 330 g/mol. The number of hydrogen-bond acceptors (Lipinski definition) is 2. The Morgan fingerprint density at radius 3 is 2.58 bits per heavy atom. The maximum atomic E-state index is 10.2. The third-order valence-corrected chi connectivity index (χ3v) is 10.3. The molecule has 0 radical (unpaired) electrons. The van der Waals surface area contributed by atoms with Gasteiger partial charge in [0, 0.05) is 0 Å². The van der Waals surface area contributed by atoms with Crippen LogP contribution in [-0.4, -0.2) is 23.4 Å². The van der Waals surface area contributed by atoms with Crippen LogP contribution in [0.15, 0.2) is 0 Å². The van der Waals surface area contributed by atoms with Crippen molar-refractivity contribution in [1.82, 2.24) is 0 Å². The molecule has 6 aliphatic rings. The summed E-state index contributed by atoms with van der Waals surface area (Å²) in [6, 6.07) is 0. The van der Waals surface area contributed by atoms with E-state index in [2.05, 4.69) is 6.92 Å². The molecule has 1 spiro atoms. The van der Waals surface area contributed by atoms with Crippen molar-refractivity contribution in [2.45, 2.75) is 95.9 Å². The van der Waals surface area contributed by atoms with Gasteiger partial charge in [0.05, 0.1) is 18.3 Å². The van der Waals surface area contributed by atoms with Crippen LogP contribution in [0.1, 0.15) is 77.6 Å². The van der Waals surface area contributed by atoms with E-state index < -0.39 is 0 Å². The van der Waals surface area contributed by atoms with Gasteiger partial charge in [0.15, 0.2) is 0 Å². The topological polar surface area (TPSA) is 32.8 Å². The highest BCUT2D eigenvalue weighted by Crippen LogP contribution is 2.71. The fourth-order valence-electron chi connectivity index (χ4n) is 9.23. The Labute approximate surface area is 146 Å². The molecule has 5 aliphatic carbocycles. The summed E-state index contributed by atoms with van der Waals surface area (Å²) in [7, 11) is 0. The molecule has 1 N–H and O–H groups in total. The van der Waals surface area contributed by atoms with E-state index in [1.807, 2.05) is 0 Å². The molecular weight excluding hydrogens is 296 g/mol. The number of aliphatic hydroxyl groups is 1. The normalized spacial score (nSPS) is 64.2. The van der Waals surface area contributed by atoms with Crippen molar-refractivity contribution in [2.24, 2.45) is 40.4 Å². The summed E-state index contributed by atoms with van der Waals surface area (Å²) in [6.07, 6.45) is 16.4. The van der Waals surface area contributed by atoms with Gasteiger partial charge in [-0.1, -0.05) is 6.92 Å². The van der Waals surface area contributed by atoms with E-state index in [0.717, 1.165) is 42.4 Å². The maximum absolute atomic E-state index is 10.2. The van der Waals surface area contributed by atoms with Crippen molar-refractivity contribution >= 4 is 0 Å². The quantitative estimate of drug-likeness (QED) is 0.661. The first-order valence-corrected chi connectivity index (χ1v) is 11.0. The van der Waals surface area contributed by atoms with E-state index in [0.29, 0.717) is 23.0 Å². The van der Waals surface area contributed by atoms with Crippen molar-refractivity contribution in [2.75, 3.05) is 0 Å². The van der Waals surface area contributed by atoms with Crippen LogP contribution in [0.5, 0.6) is 0 Å². The number of epoxide rings is 1. The van der Waals surface area contributed by atoms with Gasteiger partial charge in [-0.15, -0.1) is 0 Å². The lowest BCUT2D eigenvalue weighted by molar-refractivity contribution is -0.134. The lowest BCUT2D eigenvalue weighted by Gasteiger charge is -2.62. The molecule has 0 aromatic carbocycles. The number of ether oxygens (including phenoxy) is 1. The van der Waals surface area contributed by atoms with Crippen molar-refractivity contribution in [3.05, 3.63) is 0 Å². The molecule has 0 bridgehead atoms. The highest BCUT2D eigenvalue weighted by atomic mass is 16.6. The van der Waals surface area contributed by atoms with Gasteiger partial charge >= 0.3 is 0 Å². The number of hydrogen-bond donors (Lipinski definition) is 1. The summed E-state index contributed by atoms with van der Waals surface area (Å²) in [5.41, 5.74) is 1.21. The van der Waals surface area contributed by atoms with E-state index in [4.69, 9.17) is 4.74 Å². The lowest BCUT2D eigenvalue weighted by atomic mass is 9.43. The Balaban J connectivity index is 1.32. The Bertz CT molecular complexity index is 546. The summed E-state index contributed by atoms with van der Waals surface area (Å²) in [5, 5.41) is 10.2. The molecule has 6 rings (SSSR count). The van der Waals surface area contributed by atoms with Crippen LogP contribution in [0.2, 0.25) is 0 Å². The Morgan fingerprint density at radius 1 is 0.833 bits per heavy atom. The highest BCUT2D eigenvalue weighted by Gasteiger charge is 2.67. The third kappa shape index (κ3) is 1.76. The molecule has 10 atom stereocenters. The fourth-order valence-corrected chi connectivity index (χ4v) is 9.23. The average molecular weight is 331 g/mol. The molecular formula is C22H34O2. The highest BCUT2D eigenvalue weighted by molar-refractivity contribution is 5.16. The second-order valence-corrected chi connectivity index (χ2v) is 10.7. The SMILES string of the molecule is C[C@]12CC[C@@H](O)C[C@@H]1CCC1C3CC[C@@H]4[C@@H]5O[C@@H]5CC[C@]34CCC12. The molecule has 134 valence electrons. The van der Waals surface area contributed by atoms with E-state index in [-0.39, 0.29) is 6.10 Å². The molecule has 2 heteroatoms. The Kier molecular flexibility index (Phi) is 3.00. The predicted molar refractivity (Wildman–Crippen MR) is 93.4 cm³/mol. The minimum atomic E-state index is -0.00675. The second kappa shape index (κ2) is 4.80. The molecule has 6 fully saturated rings. The van der Waals surface area contributed by atoms with Gasteiger partial charge < -0.3 is 9.84 Å². The van der Waals surface area contributed by atoms with Gasteiger partial charge in [0.1, 0.15) is 0 Å². The Morgan fingerprint density at radius 2 is 1.67 bits per heavy atom. The van der Waals surface area contributed by atoms with Crippen LogP contribution in [0.25, 0.3) is 0 Å². The van der Waals surface area contributed by atoms with Crippen LogP contribution in [0.3, 0.4) is 0 Å². The zero-order valence-corrected chi connectivity index (χ0v) is 15.3. The number of aliphatic hydroxyl groups excluding tert-OH is 1. The molecule has 0 aromatic heterocycles. The molecule has 2 nitrogen and oxygen atoms in total. The van der Waals surface area contributed by atoms with Crippen LogP contribution in [-0.2, 0) is 4.74 Å². The predicted octanol–water partition coefficient (Wildman–Crippen LogP) is 4.55. The van der Waals surface area contributed by atoms with Crippen LogP contribution >= 0.6 is 0 Å². The second-order valence-electron chi connectivity index (χ2n) is 10.7. The zero-order valence-electron chi connectivity index (χ0n) is 15.3. The standard InChI is InChI=1S/C22H34O2/c1-21-9-6-14(23)12-13(21)2-3-15-16(21)7-10-22-11-8-19-20(24-19)18(22)5-4-17(15)22/h13-20,23H,2-12H2,1H3/t13-,14+,15?,16?,17?,18+,19+,20-,21-,22+/m0/s1. The van der Waals surface area contributed by atoms with Gasteiger partial charge in [0.25, 0.3) is 0 Å². The first-order valence-electron chi connectivity index (χ1n) is 11.0. The molecule has 1 aliphatic heterocycles. The molecule has 0 aromatic rings. The minimum Gasteiger partial charge on any atom is -0.393 e. The van der Waals surface area contributed by atoms with Gasteiger partial charge in [-0.2, -0.15) is 0 Å². The molecule has 3 unspecified atom stereocenters. The van der Waals surface area contributed by atoms with Crippen molar-refractivity contribution in [1.29, 1.82) is 0 Å². The van der Waals surface area contributed by atoms with Gasteiger partial charge in [-0.3, -0.25) is 0 Å².